The fourth-order valence-corrected chi connectivity index (χ4v) is 7.03. The van der Waals surface area contributed by atoms with Crippen LogP contribution >= 0.6 is 0 Å². The fraction of sp³-hybridized carbons (Fsp3) is 0.333. The molecule has 1 saturated heterocycles. The Balaban J connectivity index is 1.53. The summed E-state index contributed by atoms with van der Waals surface area (Å²) < 4.78 is 12.1. The minimum absolute atomic E-state index is 0.0267. The van der Waals surface area contributed by atoms with Crippen molar-refractivity contribution in [2.45, 2.75) is 38.0 Å². The first kappa shape index (κ1) is 21.0. The van der Waals surface area contributed by atoms with Crippen molar-refractivity contribution in [3.63, 3.8) is 0 Å². The van der Waals surface area contributed by atoms with E-state index in [0.29, 0.717) is 5.92 Å². The Morgan fingerprint density at radius 1 is 0.800 bits per heavy atom. The van der Waals surface area contributed by atoms with Gasteiger partial charge in [-0.25, -0.2) is 0 Å². The van der Waals surface area contributed by atoms with Gasteiger partial charge in [0.05, 0.1) is 6.61 Å². The molecular formula is C27H31O2Si. The summed E-state index contributed by atoms with van der Waals surface area (Å²) in [7, 11) is -0.890. The van der Waals surface area contributed by atoms with Crippen molar-refractivity contribution in [2.75, 3.05) is 13.2 Å². The lowest BCUT2D eigenvalue weighted by atomic mass is 10.0. The molecule has 1 aliphatic rings. The number of hydrogen-bond acceptors (Lipinski definition) is 2. The topological polar surface area (TPSA) is 18.5 Å². The van der Waals surface area contributed by atoms with Gasteiger partial charge in [-0.2, -0.15) is 0 Å². The van der Waals surface area contributed by atoms with E-state index in [1.165, 1.54) is 22.4 Å². The number of hydrogen-bond donors (Lipinski definition) is 0. The van der Waals surface area contributed by atoms with Crippen LogP contribution in [0.4, 0.5) is 0 Å². The zero-order chi connectivity index (χ0) is 20.4. The molecule has 2 atom stereocenters. The van der Waals surface area contributed by atoms with Gasteiger partial charge < -0.3 is 9.47 Å². The zero-order valence-corrected chi connectivity index (χ0v) is 18.6. The molecule has 0 aromatic heterocycles. The van der Waals surface area contributed by atoms with E-state index in [0.717, 1.165) is 38.5 Å². The zero-order valence-electron chi connectivity index (χ0n) is 17.6. The van der Waals surface area contributed by atoms with E-state index in [2.05, 4.69) is 91.0 Å². The monoisotopic (exact) mass is 415 g/mol. The molecule has 4 rings (SSSR count). The Morgan fingerprint density at radius 3 is 1.97 bits per heavy atom. The first-order valence-corrected chi connectivity index (χ1v) is 12.8. The fourth-order valence-electron chi connectivity index (χ4n) is 4.19. The van der Waals surface area contributed by atoms with E-state index >= 15 is 0 Å². The van der Waals surface area contributed by atoms with Crippen LogP contribution in [-0.2, 0) is 15.9 Å². The summed E-state index contributed by atoms with van der Waals surface area (Å²) >= 11 is 0. The van der Waals surface area contributed by atoms with E-state index < -0.39 is 8.80 Å². The minimum atomic E-state index is -0.890. The second-order valence-corrected chi connectivity index (χ2v) is 10.6. The highest BCUT2D eigenvalue weighted by molar-refractivity contribution is 6.85. The molecule has 3 aromatic carbocycles. The summed E-state index contributed by atoms with van der Waals surface area (Å²) in [5.41, 5.74) is 1.39. The van der Waals surface area contributed by atoms with Crippen molar-refractivity contribution in [2.24, 2.45) is 5.92 Å². The molecule has 3 aromatic rings. The summed E-state index contributed by atoms with van der Waals surface area (Å²) in [4.78, 5) is 0. The van der Waals surface area contributed by atoms with Crippen LogP contribution in [0.1, 0.15) is 24.8 Å². The summed E-state index contributed by atoms with van der Waals surface area (Å²) in [6.07, 6.45) is 4.40. The Bertz CT molecular complexity index is 808. The second-order valence-electron chi connectivity index (χ2n) is 8.10. The van der Waals surface area contributed by atoms with Gasteiger partial charge in [0, 0.05) is 6.61 Å². The molecule has 1 fully saturated rings. The summed E-state index contributed by atoms with van der Waals surface area (Å²) in [5.74, 6) is 0.465. The Hall–Kier alpha value is -2.20. The first-order chi connectivity index (χ1) is 14.9. The average molecular weight is 416 g/mol. The van der Waals surface area contributed by atoms with E-state index in [9.17, 15) is 0 Å². The molecule has 155 valence electrons. The molecule has 0 aliphatic carbocycles. The SMILES string of the molecule is c1ccc(CC(COC2CCCCO2)C[Si](c2ccccc2)c2ccccc2)cc1. The number of benzene rings is 3. The van der Waals surface area contributed by atoms with Crippen molar-refractivity contribution >= 4 is 19.2 Å². The maximum Gasteiger partial charge on any atom is 0.157 e. The summed E-state index contributed by atoms with van der Waals surface area (Å²) in [6.45, 7) is 1.59. The van der Waals surface area contributed by atoms with Crippen LogP contribution in [0.15, 0.2) is 91.0 Å². The van der Waals surface area contributed by atoms with Gasteiger partial charge in [0.15, 0.2) is 6.29 Å². The number of ether oxygens (including phenoxy) is 2. The van der Waals surface area contributed by atoms with E-state index in [-0.39, 0.29) is 6.29 Å². The number of rotatable bonds is 9. The van der Waals surface area contributed by atoms with Gasteiger partial charge in [0.2, 0.25) is 0 Å². The van der Waals surface area contributed by atoms with Crippen molar-refractivity contribution < 1.29 is 9.47 Å². The second kappa shape index (κ2) is 11.3. The molecule has 0 bridgehead atoms. The van der Waals surface area contributed by atoms with Crippen molar-refractivity contribution in [3.05, 3.63) is 96.6 Å². The third-order valence-electron chi connectivity index (χ3n) is 5.76. The van der Waals surface area contributed by atoms with Crippen molar-refractivity contribution in [3.8, 4) is 0 Å². The molecule has 0 N–H and O–H groups in total. The molecular weight excluding hydrogens is 384 g/mol. The molecule has 30 heavy (non-hydrogen) atoms. The smallest absolute Gasteiger partial charge is 0.157 e. The third kappa shape index (κ3) is 6.15. The average Bonchev–Trinajstić information content (AvgIpc) is 2.83. The lowest BCUT2D eigenvalue weighted by molar-refractivity contribution is -0.168. The van der Waals surface area contributed by atoms with Crippen LogP contribution in [0.5, 0.6) is 0 Å². The van der Waals surface area contributed by atoms with Gasteiger partial charge in [-0.15, -0.1) is 0 Å². The van der Waals surface area contributed by atoms with Crippen molar-refractivity contribution in [1.29, 1.82) is 0 Å². The molecule has 3 heteroatoms. The van der Waals surface area contributed by atoms with Crippen LogP contribution < -0.4 is 10.4 Å². The van der Waals surface area contributed by atoms with E-state index in [1.54, 1.807) is 0 Å². The molecule has 0 saturated carbocycles. The highest BCUT2D eigenvalue weighted by Crippen LogP contribution is 2.20. The van der Waals surface area contributed by atoms with Gasteiger partial charge in [-0.05, 0) is 43.2 Å². The summed E-state index contributed by atoms with van der Waals surface area (Å²) in [6, 6.07) is 34.1. The highest BCUT2D eigenvalue weighted by Gasteiger charge is 2.24. The lowest BCUT2D eigenvalue weighted by Gasteiger charge is -2.27. The molecule has 0 spiro atoms. The van der Waals surface area contributed by atoms with Crippen LogP contribution in [0, 0.1) is 5.92 Å². The van der Waals surface area contributed by atoms with E-state index in [1.807, 2.05) is 0 Å². The van der Waals surface area contributed by atoms with Crippen LogP contribution in [-0.4, -0.2) is 28.3 Å². The molecule has 1 radical (unpaired) electrons. The Kier molecular flexibility index (Phi) is 7.90. The molecule has 2 nitrogen and oxygen atoms in total. The largest absolute Gasteiger partial charge is 0.353 e. The standard InChI is InChI=1S/C27H31O2Si/c1-4-12-23(13-5-1)20-24(21-29-27-18-10-11-19-28-27)22-30(25-14-6-2-7-15-25)26-16-8-3-9-17-26/h1-9,12-17,24,27H,10-11,18-22H2. The van der Waals surface area contributed by atoms with Gasteiger partial charge >= 0.3 is 0 Å². The third-order valence-corrected chi connectivity index (χ3v) is 8.81. The quantitative estimate of drug-likeness (QED) is 0.472. The normalized spacial score (nSPS) is 17.7. The summed E-state index contributed by atoms with van der Waals surface area (Å²) in [5, 5.41) is 2.95. The molecule has 0 amide bonds. The van der Waals surface area contributed by atoms with Crippen LogP contribution in [0.3, 0.4) is 0 Å². The van der Waals surface area contributed by atoms with Gasteiger partial charge in [-0.3, -0.25) is 0 Å². The predicted molar refractivity (Wildman–Crippen MR) is 126 cm³/mol. The maximum atomic E-state index is 6.28. The van der Waals surface area contributed by atoms with Gasteiger partial charge in [-0.1, -0.05) is 101 Å². The lowest BCUT2D eigenvalue weighted by Crippen LogP contribution is -2.44. The molecule has 2 unspecified atom stereocenters. The maximum absolute atomic E-state index is 6.28. The van der Waals surface area contributed by atoms with Gasteiger partial charge in [0.1, 0.15) is 8.80 Å². The van der Waals surface area contributed by atoms with Crippen LogP contribution in [0.2, 0.25) is 6.04 Å². The highest BCUT2D eigenvalue weighted by atomic mass is 28.3. The van der Waals surface area contributed by atoms with E-state index in [4.69, 9.17) is 9.47 Å². The Labute approximate surface area is 182 Å². The Morgan fingerprint density at radius 2 is 1.40 bits per heavy atom. The molecule has 1 heterocycles. The minimum Gasteiger partial charge on any atom is -0.353 e. The first-order valence-electron chi connectivity index (χ1n) is 11.1. The van der Waals surface area contributed by atoms with Crippen molar-refractivity contribution in [1.82, 2.24) is 0 Å². The van der Waals surface area contributed by atoms with Crippen LogP contribution in [0.25, 0.3) is 0 Å². The predicted octanol–water partition coefficient (Wildman–Crippen LogP) is 4.70. The van der Waals surface area contributed by atoms with Gasteiger partial charge in [0.25, 0.3) is 0 Å². The molecule has 1 aliphatic heterocycles.